The molecule has 2 rings (SSSR count). The summed E-state index contributed by atoms with van der Waals surface area (Å²) in [5.41, 5.74) is 2.27. The number of ketones is 1. The highest BCUT2D eigenvalue weighted by molar-refractivity contribution is 6.30. The molecule has 0 radical (unpaired) electrons. The van der Waals surface area contributed by atoms with E-state index in [1.807, 2.05) is 12.1 Å². The van der Waals surface area contributed by atoms with E-state index in [0.29, 0.717) is 28.4 Å². The zero-order valence-electron chi connectivity index (χ0n) is 14.0. The van der Waals surface area contributed by atoms with Gasteiger partial charge in [-0.15, -0.1) is 0 Å². The first-order chi connectivity index (χ1) is 11.4. The molecule has 4 nitrogen and oxygen atoms in total. The van der Waals surface area contributed by atoms with Gasteiger partial charge in [0, 0.05) is 29.7 Å². The number of ether oxygens (including phenoxy) is 1. The molecule has 0 aliphatic carbocycles. The fourth-order valence-corrected chi connectivity index (χ4v) is 2.51. The molecule has 0 bridgehead atoms. The number of halogens is 1. The third-order valence-electron chi connectivity index (χ3n) is 3.79. The second kappa shape index (κ2) is 7.97. The van der Waals surface area contributed by atoms with Gasteiger partial charge in [0.05, 0.1) is 13.5 Å². The summed E-state index contributed by atoms with van der Waals surface area (Å²) in [4.78, 5) is 25.7. The van der Waals surface area contributed by atoms with Gasteiger partial charge in [0.15, 0.2) is 5.78 Å². The molecule has 0 spiro atoms. The Balaban J connectivity index is 2.11. The molecule has 0 unspecified atom stereocenters. The SMILES string of the molecule is COc1ccc(C(C)=O)cc1CC(=O)N(C)Cc1ccc(Cl)cc1. The van der Waals surface area contributed by atoms with E-state index in [4.69, 9.17) is 16.3 Å². The molecular formula is C19H20ClNO3. The number of Topliss-reactive ketones (excluding diaryl/α,β-unsaturated/α-hetero) is 1. The van der Waals surface area contributed by atoms with Crippen LogP contribution < -0.4 is 4.74 Å². The van der Waals surface area contributed by atoms with Crippen molar-refractivity contribution in [2.45, 2.75) is 19.9 Å². The van der Waals surface area contributed by atoms with Crippen LogP contribution in [0.15, 0.2) is 42.5 Å². The first-order valence-electron chi connectivity index (χ1n) is 7.57. The van der Waals surface area contributed by atoms with Gasteiger partial charge in [0.1, 0.15) is 5.75 Å². The molecule has 5 heteroatoms. The summed E-state index contributed by atoms with van der Waals surface area (Å²) in [5, 5.41) is 0.665. The van der Waals surface area contributed by atoms with E-state index in [1.165, 1.54) is 6.92 Å². The van der Waals surface area contributed by atoms with Crippen LogP contribution in [0.1, 0.15) is 28.4 Å². The third kappa shape index (κ3) is 4.59. The van der Waals surface area contributed by atoms with E-state index in [1.54, 1.807) is 49.4 Å². The molecule has 0 heterocycles. The molecule has 1 amide bonds. The van der Waals surface area contributed by atoms with Crippen molar-refractivity contribution >= 4 is 23.3 Å². The van der Waals surface area contributed by atoms with Crippen LogP contribution in [0.5, 0.6) is 5.75 Å². The Labute approximate surface area is 147 Å². The number of likely N-dealkylation sites (N-methyl/N-ethyl adjacent to an activating group) is 1. The van der Waals surface area contributed by atoms with Crippen molar-refractivity contribution in [3.8, 4) is 5.75 Å². The first-order valence-corrected chi connectivity index (χ1v) is 7.94. The number of carbonyl (C=O) groups is 2. The summed E-state index contributed by atoms with van der Waals surface area (Å²) in [5.74, 6) is 0.512. The molecule has 24 heavy (non-hydrogen) atoms. The Morgan fingerprint density at radius 3 is 2.38 bits per heavy atom. The Bertz CT molecular complexity index is 741. The minimum Gasteiger partial charge on any atom is -0.496 e. The Morgan fingerprint density at radius 2 is 1.79 bits per heavy atom. The Kier molecular flexibility index (Phi) is 5.99. The molecule has 0 aliphatic heterocycles. The quantitative estimate of drug-likeness (QED) is 0.749. The van der Waals surface area contributed by atoms with Crippen LogP contribution in [-0.4, -0.2) is 30.7 Å². The van der Waals surface area contributed by atoms with E-state index in [0.717, 1.165) is 5.56 Å². The molecule has 2 aromatic carbocycles. The Hall–Kier alpha value is -2.33. The summed E-state index contributed by atoms with van der Waals surface area (Å²) in [6.07, 6.45) is 0.175. The Morgan fingerprint density at radius 1 is 1.12 bits per heavy atom. The number of amides is 1. The van der Waals surface area contributed by atoms with Crippen LogP contribution in [0.4, 0.5) is 0 Å². The number of methoxy groups -OCH3 is 1. The molecule has 0 N–H and O–H groups in total. The van der Waals surface area contributed by atoms with Crippen LogP contribution >= 0.6 is 11.6 Å². The average Bonchev–Trinajstić information content (AvgIpc) is 2.56. The second-order valence-corrected chi connectivity index (χ2v) is 6.07. The summed E-state index contributed by atoms with van der Waals surface area (Å²) in [7, 11) is 3.30. The lowest BCUT2D eigenvalue weighted by atomic mass is 10.0. The van der Waals surface area contributed by atoms with Gasteiger partial charge in [-0.3, -0.25) is 9.59 Å². The lowest BCUT2D eigenvalue weighted by Gasteiger charge is -2.18. The maximum atomic E-state index is 12.5. The van der Waals surface area contributed by atoms with Crippen molar-refractivity contribution in [2.24, 2.45) is 0 Å². The fourth-order valence-electron chi connectivity index (χ4n) is 2.39. The smallest absolute Gasteiger partial charge is 0.227 e. The average molecular weight is 346 g/mol. The molecule has 0 aromatic heterocycles. The van der Waals surface area contributed by atoms with Crippen molar-refractivity contribution < 1.29 is 14.3 Å². The van der Waals surface area contributed by atoms with Crippen molar-refractivity contribution in [1.29, 1.82) is 0 Å². The van der Waals surface area contributed by atoms with Gasteiger partial charge in [-0.1, -0.05) is 23.7 Å². The van der Waals surface area contributed by atoms with Crippen LogP contribution in [0.25, 0.3) is 0 Å². The molecule has 2 aromatic rings. The summed E-state index contributed by atoms with van der Waals surface area (Å²) in [6, 6.07) is 12.5. The van der Waals surface area contributed by atoms with Crippen LogP contribution in [0, 0.1) is 0 Å². The van der Waals surface area contributed by atoms with Gasteiger partial charge in [-0.2, -0.15) is 0 Å². The molecule has 0 saturated heterocycles. The topological polar surface area (TPSA) is 46.6 Å². The van der Waals surface area contributed by atoms with Gasteiger partial charge in [0.2, 0.25) is 5.91 Å². The monoisotopic (exact) mass is 345 g/mol. The molecule has 0 saturated carbocycles. The highest BCUT2D eigenvalue weighted by Crippen LogP contribution is 2.22. The fraction of sp³-hybridized carbons (Fsp3) is 0.263. The molecule has 0 fully saturated rings. The lowest BCUT2D eigenvalue weighted by Crippen LogP contribution is -2.27. The number of carbonyl (C=O) groups excluding carboxylic acids is 2. The molecule has 0 atom stereocenters. The van der Waals surface area contributed by atoms with E-state index in [-0.39, 0.29) is 18.1 Å². The summed E-state index contributed by atoms with van der Waals surface area (Å²) >= 11 is 5.87. The van der Waals surface area contributed by atoms with Gasteiger partial charge < -0.3 is 9.64 Å². The summed E-state index contributed by atoms with van der Waals surface area (Å²) in [6.45, 7) is 1.99. The molecular weight excluding hydrogens is 326 g/mol. The normalized spacial score (nSPS) is 10.3. The van der Waals surface area contributed by atoms with Crippen LogP contribution in [0.3, 0.4) is 0 Å². The van der Waals surface area contributed by atoms with Gasteiger partial charge in [0.25, 0.3) is 0 Å². The van der Waals surface area contributed by atoms with E-state index < -0.39 is 0 Å². The van der Waals surface area contributed by atoms with Gasteiger partial charge in [-0.05, 0) is 42.8 Å². The van der Waals surface area contributed by atoms with E-state index >= 15 is 0 Å². The van der Waals surface area contributed by atoms with Gasteiger partial charge >= 0.3 is 0 Å². The minimum absolute atomic E-state index is 0.0409. The van der Waals surface area contributed by atoms with Crippen molar-refractivity contribution in [3.63, 3.8) is 0 Å². The van der Waals surface area contributed by atoms with Gasteiger partial charge in [-0.25, -0.2) is 0 Å². The van der Waals surface area contributed by atoms with Crippen molar-refractivity contribution in [1.82, 2.24) is 4.90 Å². The maximum Gasteiger partial charge on any atom is 0.227 e. The minimum atomic E-state index is -0.0519. The van der Waals surface area contributed by atoms with Crippen LogP contribution in [0.2, 0.25) is 5.02 Å². The standard InChI is InChI=1S/C19H20ClNO3/c1-13(22)15-6-9-18(24-3)16(10-15)11-19(23)21(2)12-14-4-7-17(20)8-5-14/h4-10H,11-12H2,1-3H3. The maximum absolute atomic E-state index is 12.5. The zero-order chi connectivity index (χ0) is 17.7. The summed E-state index contributed by atoms with van der Waals surface area (Å²) < 4.78 is 5.30. The third-order valence-corrected chi connectivity index (χ3v) is 4.04. The van der Waals surface area contributed by atoms with Crippen molar-refractivity contribution in [3.05, 3.63) is 64.2 Å². The number of hydrogen-bond acceptors (Lipinski definition) is 3. The van der Waals surface area contributed by atoms with E-state index in [2.05, 4.69) is 0 Å². The van der Waals surface area contributed by atoms with Crippen molar-refractivity contribution in [2.75, 3.05) is 14.2 Å². The largest absolute Gasteiger partial charge is 0.496 e. The van der Waals surface area contributed by atoms with Crippen LogP contribution in [-0.2, 0) is 17.8 Å². The predicted molar refractivity (Wildman–Crippen MR) is 94.6 cm³/mol. The lowest BCUT2D eigenvalue weighted by molar-refractivity contribution is -0.129. The zero-order valence-corrected chi connectivity index (χ0v) is 14.8. The number of rotatable bonds is 6. The first kappa shape index (κ1) is 18.0. The number of hydrogen-bond donors (Lipinski definition) is 0. The molecule has 0 aliphatic rings. The molecule has 126 valence electrons. The van der Waals surface area contributed by atoms with E-state index in [9.17, 15) is 9.59 Å². The second-order valence-electron chi connectivity index (χ2n) is 5.64. The highest BCUT2D eigenvalue weighted by atomic mass is 35.5. The number of nitrogens with zero attached hydrogens (tertiary/aromatic N) is 1. The predicted octanol–water partition coefficient (Wildman–Crippen LogP) is 3.75. The highest BCUT2D eigenvalue weighted by Gasteiger charge is 2.15. The number of benzene rings is 2.